The van der Waals surface area contributed by atoms with Gasteiger partial charge in [-0.05, 0) is 56.8 Å². The predicted molar refractivity (Wildman–Crippen MR) is 126 cm³/mol. The van der Waals surface area contributed by atoms with Crippen molar-refractivity contribution in [2.75, 3.05) is 35.6 Å². The average molecular weight is 450 g/mol. The van der Waals surface area contributed by atoms with Crippen LogP contribution in [0.5, 0.6) is 0 Å². The van der Waals surface area contributed by atoms with Gasteiger partial charge in [-0.2, -0.15) is 10.2 Å². The Balaban J connectivity index is 0.00000160. The highest BCUT2D eigenvalue weighted by Gasteiger charge is 2.27. The quantitative estimate of drug-likeness (QED) is 0.599. The van der Waals surface area contributed by atoms with Gasteiger partial charge in [-0.1, -0.05) is 6.92 Å². The molecule has 0 bridgehead atoms. The lowest BCUT2D eigenvalue weighted by atomic mass is 9.96. The van der Waals surface area contributed by atoms with Gasteiger partial charge in [0.2, 0.25) is 5.95 Å². The van der Waals surface area contributed by atoms with E-state index in [0.29, 0.717) is 23.2 Å². The van der Waals surface area contributed by atoms with Gasteiger partial charge in [0.1, 0.15) is 5.82 Å². The van der Waals surface area contributed by atoms with Crippen molar-refractivity contribution in [2.24, 2.45) is 0 Å². The Labute approximate surface area is 190 Å². The van der Waals surface area contributed by atoms with Crippen LogP contribution in [-0.2, 0) is 12.8 Å². The van der Waals surface area contributed by atoms with E-state index in [9.17, 15) is 5.26 Å². The zero-order valence-electron chi connectivity index (χ0n) is 17.1. The lowest BCUT2D eigenvalue weighted by molar-refractivity contribution is 0.571. The van der Waals surface area contributed by atoms with E-state index in [1.165, 1.54) is 18.4 Å². The van der Waals surface area contributed by atoms with Crippen LogP contribution < -0.4 is 21.3 Å². The van der Waals surface area contributed by atoms with Gasteiger partial charge in [-0.25, -0.2) is 4.98 Å². The molecule has 162 valence electrons. The first kappa shape index (κ1) is 24.0. The van der Waals surface area contributed by atoms with Crippen LogP contribution in [0.15, 0.2) is 18.2 Å². The zero-order valence-corrected chi connectivity index (χ0v) is 18.8. The molecule has 1 atom stereocenters. The fourth-order valence-corrected chi connectivity index (χ4v) is 4.22. The van der Waals surface area contributed by atoms with E-state index in [4.69, 9.17) is 15.7 Å². The number of nitrogens with zero attached hydrogens (tertiary/aromatic N) is 4. The Bertz CT molecular complexity index is 913. The third kappa shape index (κ3) is 5.25. The standard InChI is InChI=1S/C21H27N7.2ClH/c1-2-24-16-7-8-28(13-16)20-18-5-3-4-6-19(18)26-21(27-20)25-17-10-14(12-22)9-15(23)11-17;;/h9-11,16,24H,2-8,13,23H2,1H3,(H,25,26,27);2*1H. The first-order valence-corrected chi connectivity index (χ1v) is 10.1. The normalized spacial score (nSPS) is 17.3. The molecule has 4 N–H and O–H groups in total. The molecule has 0 radical (unpaired) electrons. The fraction of sp³-hybridized carbons (Fsp3) is 0.476. The summed E-state index contributed by atoms with van der Waals surface area (Å²) in [4.78, 5) is 12.1. The van der Waals surface area contributed by atoms with Crippen LogP contribution in [0, 0.1) is 11.3 Å². The first-order valence-electron chi connectivity index (χ1n) is 10.1. The molecule has 1 aromatic carbocycles. The number of nitriles is 1. The van der Waals surface area contributed by atoms with E-state index in [1.807, 2.05) is 0 Å². The summed E-state index contributed by atoms with van der Waals surface area (Å²) in [6.45, 7) is 5.13. The van der Waals surface area contributed by atoms with E-state index < -0.39 is 0 Å². The average Bonchev–Trinajstić information content (AvgIpc) is 3.15. The number of hydrogen-bond acceptors (Lipinski definition) is 7. The van der Waals surface area contributed by atoms with E-state index in [0.717, 1.165) is 56.1 Å². The molecular weight excluding hydrogens is 421 g/mol. The van der Waals surface area contributed by atoms with Crippen LogP contribution in [0.25, 0.3) is 0 Å². The number of fused-ring (bicyclic) bond motifs is 1. The molecule has 7 nitrogen and oxygen atoms in total. The van der Waals surface area contributed by atoms with Gasteiger partial charge in [0.25, 0.3) is 0 Å². The molecule has 1 fully saturated rings. The van der Waals surface area contributed by atoms with Gasteiger partial charge < -0.3 is 21.3 Å². The van der Waals surface area contributed by atoms with Crippen molar-refractivity contribution in [1.82, 2.24) is 15.3 Å². The van der Waals surface area contributed by atoms with Crippen molar-refractivity contribution < 1.29 is 0 Å². The van der Waals surface area contributed by atoms with Crippen LogP contribution >= 0.6 is 24.8 Å². The number of halogens is 2. The SMILES string of the molecule is CCNC1CCN(c2nc(Nc3cc(N)cc(C#N)c3)nc3c2CCCC3)C1.Cl.Cl. The summed E-state index contributed by atoms with van der Waals surface area (Å²) in [7, 11) is 0. The van der Waals surface area contributed by atoms with Crippen molar-refractivity contribution in [3.8, 4) is 6.07 Å². The largest absolute Gasteiger partial charge is 0.399 e. The third-order valence-electron chi connectivity index (χ3n) is 5.48. The molecule has 0 spiro atoms. The van der Waals surface area contributed by atoms with Crippen LogP contribution in [0.2, 0.25) is 0 Å². The van der Waals surface area contributed by atoms with Gasteiger partial charge in [-0.3, -0.25) is 0 Å². The van der Waals surface area contributed by atoms with E-state index in [2.05, 4.69) is 28.5 Å². The van der Waals surface area contributed by atoms with Gasteiger partial charge >= 0.3 is 0 Å². The summed E-state index contributed by atoms with van der Waals surface area (Å²) in [5, 5.41) is 16.0. The lowest BCUT2D eigenvalue weighted by Crippen LogP contribution is -2.33. The molecule has 30 heavy (non-hydrogen) atoms. The second-order valence-electron chi connectivity index (χ2n) is 7.57. The maximum Gasteiger partial charge on any atom is 0.229 e. The number of nitrogens with two attached hydrogens (primary N) is 1. The Morgan fingerprint density at radius 2 is 2.00 bits per heavy atom. The minimum absolute atomic E-state index is 0. The Morgan fingerprint density at radius 3 is 2.77 bits per heavy atom. The Morgan fingerprint density at radius 1 is 1.20 bits per heavy atom. The Kier molecular flexibility index (Phi) is 8.54. The number of aromatic nitrogens is 2. The summed E-state index contributed by atoms with van der Waals surface area (Å²) in [5.41, 5.74) is 10.2. The summed E-state index contributed by atoms with van der Waals surface area (Å²) >= 11 is 0. The number of rotatable bonds is 5. The molecule has 0 amide bonds. The second-order valence-corrected chi connectivity index (χ2v) is 7.57. The maximum absolute atomic E-state index is 9.19. The van der Waals surface area contributed by atoms with Gasteiger partial charge in [-0.15, -0.1) is 24.8 Å². The summed E-state index contributed by atoms with van der Waals surface area (Å²) in [5.74, 6) is 1.65. The molecule has 1 aromatic heterocycles. The van der Waals surface area contributed by atoms with Crippen LogP contribution in [-0.4, -0.2) is 35.6 Å². The van der Waals surface area contributed by atoms with Gasteiger partial charge in [0.15, 0.2) is 0 Å². The molecule has 9 heteroatoms. The van der Waals surface area contributed by atoms with Gasteiger partial charge in [0.05, 0.1) is 17.3 Å². The zero-order chi connectivity index (χ0) is 19.5. The van der Waals surface area contributed by atoms with Crippen molar-refractivity contribution in [2.45, 2.75) is 45.1 Å². The number of likely N-dealkylation sites (N-methyl/N-ethyl adjacent to an activating group) is 1. The fourth-order valence-electron chi connectivity index (χ4n) is 4.22. The van der Waals surface area contributed by atoms with Crippen molar-refractivity contribution in [1.29, 1.82) is 5.26 Å². The topological polar surface area (TPSA) is 103 Å². The minimum Gasteiger partial charge on any atom is -0.399 e. The van der Waals surface area contributed by atoms with Crippen LogP contribution in [0.4, 0.5) is 23.1 Å². The molecule has 2 heterocycles. The van der Waals surface area contributed by atoms with Crippen LogP contribution in [0.1, 0.15) is 43.0 Å². The third-order valence-corrected chi connectivity index (χ3v) is 5.48. The Hall–Kier alpha value is -2.27. The van der Waals surface area contributed by atoms with Crippen molar-refractivity contribution >= 4 is 48.0 Å². The highest BCUT2D eigenvalue weighted by atomic mass is 35.5. The van der Waals surface area contributed by atoms with Crippen LogP contribution in [0.3, 0.4) is 0 Å². The van der Waals surface area contributed by atoms with E-state index in [-0.39, 0.29) is 24.8 Å². The van der Waals surface area contributed by atoms with Crippen molar-refractivity contribution in [3.05, 3.63) is 35.0 Å². The smallest absolute Gasteiger partial charge is 0.229 e. The monoisotopic (exact) mass is 449 g/mol. The number of benzene rings is 1. The molecule has 0 saturated carbocycles. The molecule has 1 saturated heterocycles. The number of anilines is 4. The number of hydrogen-bond donors (Lipinski definition) is 3. The molecule has 2 aromatic rings. The molecule has 2 aliphatic rings. The molecule has 1 aliphatic heterocycles. The van der Waals surface area contributed by atoms with Crippen molar-refractivity contribution in [3.63, 3.8) is 0 Å². The summed E-state index contributed by atoms with van der Waals surface area (Å²) < 4.78 is 0. The van der Waals surface area contributed by atoms with Gasteiger partial charge in [0, 0.05) is 36.1 Å². The highest BCUT2D eigenvalue weighted by molar-refractivity contribution is 5.85. The molecule has 1 unspecified atom stereocenters. The molecular formula is C21H29Cl2N7. The summed E-state index contributed by atoms with van der Waals surface area (Å²) in [6, 6.07) is 7.90. The first-order chi connectivity index (χ1) is 13.7. The maximum atomic E-state index is 9.19. The highest BCUT2D eigenvalue weighted by Crippen LogP contribution is 2.32. The minimum atomic E-state index is 0. The molecule has 1 aliphatic carbocycles. The number of aryl methyl sites for hydroxylation is 1. The second kappa shape index (κ2) is 10.7. The van der Waals surface area contributed by atoms with E-state index >= 15 is 0 Å². The molecule has 4 rings (SSSR count). The lowest BCUT2D eigenvalue weighted by Gasteiger charge is -2.25. The number of nitrogen functional groups attached to an aromatic ring is 1. The van der Waals surface area contributed by atoms with E-state index in [1.54, 1.807) is 18.2 Å². The summed E-state index contributed by atoms with van der Waals surface area (Å²) in [6.07, 6.45) is 5.53. The number of nitrogens with one attached hydrogen (secondary N) is 2. The predicted octanol–water partition coefficient (Wildman–Crippen LogP) is 3.58.